The Morgan fingerprint density at radius 2 is 2.20 bits per heavy atom. The molecule has 1 aromatic carbocycles. The van der Waals surface area contributed by atoms with E-state index in [-0.39, 0.29) is 5.97 Å². The summed E-state index contributed by atoms with van der Waals surface area (Å²) in [4.78, 5) is 11.6. The van der Waals surface area contributed by atoms with E-state index in [4.69, 9.17) is 10.6 Å². The summed E-state index contributed by atoms with van der Waals surface area (Å²) in [5.41, 5.74) is 1.33. The van der Waals surface area contributed by atoms with Gasteiger partial charge in [-0.05, 0) is 13.0 Å². The molecule has 0 unspecified atom stereocenters. The molecule has 0 spiro atoms. The number of hydrogen-bond donors (Lipinski definition) is 1. The summed E-state index contributed by atoms with van der Waals surface area (Å²) in [5.74, 6) is 5.38. The maximum atomic E-state index is 11.6. The molecule has 2 aromatic rings. The van der Waals surface area contributed by atoms with E-state index in [9.17, 15) is 4.79 Å². The summed E-state index contributed by atoms with van der Waals surface area (Å²) in [6, 6.07) is 7.45. The van der Waals surface area contributed by atoms with E-state index in [0.29, 0.717) is 12.2 Å². The molecule has 4 heteroatoms. The van der Waals surface area contributed by atoms with Gasteiger partial charge in [0.05, 0.1) is 17.7 Å². The van der Waals surface area contributed by atoms with Crippen molar-refractivity contribution >= 4 is 16.9 Å². The lowest BCUT2D eigenvalue weighted by Crippen LogP contribution is -2.07. The van der Waals surface area contributed by atoms with Gasteiger partial charge in [-0.3, -0.25) is 4.68 Å². The van der Waals surface area contributed by atoms with E-state index in [1.807, 2.05) is 24.3 Å². The highest BCUT2D eigenvalue weighted by molar-refractivity contribution is 6.04. The lowest BCUT2D eigenvalue weighted by Gasteiger charge is -1.98. The third kappa shape index (κ3) is 1.54. The fraction of sp³-hybridized carbons (Fsp3) is 0.182. The number of nitrogen functional groups attached to an aromatic ring is 1. The third-order valence-corrected chi connectivity index (χ3v) is 2.24. The van der Waals surface area contributed by atoms with Crippen LogP contribution in [0.2, 0.25) is 0 Å². The first-order valence-electron chi connectivity index (χ1n) is 4.76. The normalized spacial score (nSPS) is 10.5. The van der Waals surface area contributed by atoms with Gasteiger partial charge in [-0.1, -0.05) is 18.2 Å². The molecule has 2 rings (SSSR count). The number of ether oxygens (including phenoxy) is 1. The molecular formula is C11H12N2O2. The van der Waals surface area contributed by atoms with E-state index in [1.54, 1.807) is 13.1 Å². The van der Waals surface area contributed by atoms with E-state index < -0.39 is 0 Å². The van der Waals surface area contributed by atoms with Crippen LogP contribution in [-0.4, -0.2) is 17.3 Å². The van der Waals surface area contributed by atoms with Crippen LogP contribution < -0.4 is 5.84 Å². The first-order chi connectivity index (χ1) is 7.24. The SMILES string of the molecule is CCOC(=O)c1cn(N)c2ccccc12. The number of carbonyl (C=O) groups is 1. The van der Waals surface area contributed by atoms with Gasteiger partial charge in [0.15, 0.2) is 0 Å². The van der Waals surface area contributed by atoms with Crippen LogP contribution in [0.15, 0.2) is 30.5 Å². The fourth-order valence-electron chi connectivity index (χ4n) is 1.58. The van der Waals surface area contributed by atoms with Crippen molar-refractivity contribution in [2.45, 2.75) is 6.92 Å². The predicted octanol–water partition coefficient (Wildman–Crippen LogP) is 1.53. The predicted molar refractivity (Wildman–Crippen MR) is 58.0 cm³/mol. The van der Waals surface area contributed by atoms with Crippen molar-refractivity contribution < 1.29 is 9.53 Å². The van der Waals surface area contributed by atoms with Crippen molar-refractivity contribution in [1.82, 2.24) is 4.68 Å². The topological polar surface area (TPSA) is 57.2 Å². The molecule has 78 valence electrons. The number of nitrogens with zero attached hydrogens (tertiary/aromatic N) is 1. The Bertz CT molecular complexity index is 502. The lowest BCUT2D eigenvalue weighted by molar-refractivity contribution is 0.0528. The molecule has 0 aliphatic rings. The third-order valence-electron chi connectivity index (χ3n) is 2.24. The Kier molecular flexibility index (Phi) is 2.33. The summed E-state index contributed by atoms with van der Waals surface area (Å²) in [7, 11) is 0. The molecule has 0 aliphatic heterocycles. The number of aromatic nitrogens is 1. The maximum absolute atomic E-state index is 11.6. The first kappa shape index (κ1) is 9.58. The van der Waals surface area contributed by atoms with Crippen molar-refractivity contribution in [2.75, 3.05) is 12.4 Å². The quantitative estimate of drug-likeness (QED) is 0.596. The van der Waals surface area contributed by atoms with Gasteiger partial charge in [-0.15, -0.1) is 0 Å². The van der Waals surface area contributed by atoms with E-state index >= 15 is 0 Å². The largest absolute Gasteiger partial charge is 0.462 e. The van der Waals surface area contributed by atoms with Crippen molar-refractivity contribution in [3.05, 3.63) is 36.0 Å². The van der Waals surface area contributed by atoms with E-state index in [1.165, 1.54) is 4.68 Å². The summed E-state index contributed by atoms with van der Waals surface area (Å²) in [5, 5.41) is 0.818. The van der Waals surface area contributed by atoms with Crippen LogP contribution in [0.3, 0.4) is 0 Å². The second kappa shape index (κ2) is 3.65. The monoisotopic (exact) mass is 204 g/mol. The van der Waals surface area contributed by atoms with Gasteiger partial charge in [-0.2, -0.15) is 0 Å². The Morgan fingerprint density at radius 1 is 1.47 bits per heavy atom. The van der Waals surface area contributed by atoms with Crippen molar-refractivity contribution in [1.29, 1.82) is 0 Å². The molecule has 0 bridgehead atoms. The number of carbonyl (C=O) groups excluding carboxylic acids is 1. The van der Waals surface area contributed by atoms with Crippen LogP contribution in [0.1, 0.15) is 17.3 Å². The number of fused-ring (bicyclic) bond motifs is 1. The molecule has 1 aromatic heterocycles. The highest BCUT2D eigenvalue weighted by atomic mass is 16.5. The molecule has 4 nitrogen and oxygen atoms in total. The minimum absolute atomic E-state index is 0.335. The molecule has 1 heterocycles. The van der Waals surface area contributed by atoms with Crippen molar-refractivity contribution in [2.24, 2.45) is 0 Å². The molecule has 0 saturated carbocycles. The van der Waals surface area contributed by atoms with Gasteiger partial charge in [0.25, 0.3) is 0 Å². The van der Waals surface area contributed by atoms with E-state index in [2.05, 4.69) is 0 Å². The number of nitrogens with two attached hydrogens (primary N) is 1. The van der Waals surface area contributed by atoms with Gasteiger partial charge in [0, 0.05) is 11.6 Å². The minimum Gasteiger partial charge on any atom is -0.462 e. The number of benzene rings is 1. The standard InChI is InChI=1S/C11H12N2O2/c1-2-15-11(14)9-7-13(12)10-6-4-3-5-8(9)10/h3-7H,2,12H2,1H3. The van der Waals surface area contributed by atoms with Crippen LogP contribution in [0.5, 0.6) is 0 Å². The molecule has 0 aliphatic carbocycles. The highest BCUT2D eigenvalue weighted by Crippen LogP contribution is 2.19. The highest BCUT2D eigenvalue weighted by Gasteiger charge is 2.14. The Balaban J connectivity index is 2.57. The van der Waals surface area contributed by atoms with Crippen LogP contribution in [-0.2, 0) is 4.74 Å². The van der Waals surface area contributed by atoms with Gasteiger partial charge < -0.3 is 10.6 Å². The Hall–Kier alpha value is -1.97. The number of esters is 1. The lowest BCUT2D eigenvalue weighted by atomic mass is 10.2. The molecule has 0 fully saturated rings. The maximum Gasteiger partial charge on any atom is 0.340 e. The molecule has 0 radical (unpaired) electrons. The zero-order valence-electron chi connectivity index (χ0n) is 8.43. The average Bonchev–Trinajstić information content (AvgIpc) is 2.58. The molecule has 15 heavy (non-hydrogen) atoms. The zero-order valence-corrected chi connectivity index (χ0v) is 8.43. The molecule has 0 atom stereocenters. The van der Waals surface area contributed by atoms with Gasteiger partial charge in [-0.25, -0.2) is 4.79 Å². The van der Waals surface area contributed by atoms with Gasteiger partial charge in [0.2, 0.25) is 0 Å². The Morgan fingerprint density at radius 3 is 2.93 bits per heavy atom. The van der Waals surface area contributed by atoms with Gasteiger partial charge in [0.1, 0.15) is 0 Å². The van der Waals surface area contributed by atoms with Gasteiger partial charge >= 0.3 is 5.97 Å². The molecule has 0 amide bonds. The smallest absolute Gasteiger partial charge is 0.340 e. The number of para-hydroxylation sites is 1. The zero-order chi connectivity index (χ0) is 10.8. The van der Waals surface area contributed by atoms with Crippen LogP contribution in [0, 0.1) is 0 Å². The van der Waals surface area contributed by atoms with Crippen molar-refractivity contribution in [3.8, 4) is 0 Å². The second-order valence-corrected chi connectivity index (χ2v) is 3.19. The van der Waals surface area contributed by atoms with Crippen molar-refractivity contribution in [3.63, 3.8) is 0 Å². The van der Waals surface area contributed by atoms with Crippen LogP contribution >= 0.6 is 0 Å². The summed E-state index contributed by atoms with van der Waals surface area (Å²) >= 11 is 0. The first-order valence-corrected chi connectivity index (χ1v) is 4.76. The van der Waals surface area contributed by atoms with Crippen LogP contribution in [0.4, 0.5) is 0 Å². The van der Waals surface area contributed by atoms with E-state index in [0.717, 1.165) is 10.9 Å². The molecule has 0 saturated heterocycles. The summed E-state index contributed by atoms with van der Waals surface area (Å²) in [6.07, 6.45) is 1.59. The average molecular weight is 204 g/mol. The molecule has 2 N–H and O–H groups in total. The summed E-state index contributed by atoms with van der Waals surface area (Å²) in [6.45, 7) is 2.14. The minimum atomic E-state index is -0.335. The fourth-order valence-corrected chi connectivity index (χ4v) is 1.58. The van der Waals surface area contributed by atoms with Crippen LogP contribution in [0.25, 0.3) is 10.9 Å². The number of hydrogen-bond acceptors (Lipinski definition) is 3. The molecular weight excluding hydrogens is 192 g/mol. The number of rotatable bonds is 2. The second-order valence-electron chi connectivity index (χ2n) is 3.19. The summed E-state index contributed by atoms with van der Waals surface area (Å²) < 4.78 is 6.37. The Labute approximate surface area is 87.2 Å².